The van der Waals surface area contributed by atoms with E-state index in [2.05, 4.69) is 11.0 Å². The number of aryl methyl sites for hydroxylation is 1. The molecule has 1 aliphatic carbocycles. The third-order valence-electron chi connectivity index (χ3n) is 3.83. The number of rotatable bonds is 4. The van der Waals surface area contributed by atoms with E-state index in [9.17, 15) is 8.42 Å². The Morgan fingerprint density at radius 1 is 1.25 bits per heavy atom. The Kier molecular flexibility index (Phi) is 4.99. The van der Waals surface area contributed by atoms with Crippen molar-refractivity contribution in [3.63, 3.8) is 0 Å². The van der Waals surface area contributed by atoms with E-state index >= 15 is 0 Å². The zero-order chi connectivity index (χ0) is 14.8. The standard InChI is InChI=1S/C14H22N2O2S2/c1-10-3-4-11(15)9-14(10)20(17,18)16-12-5-7-13(19-2)8-6-12/h3-4,9,12-13,16H,5-8,15H2,1-2H3. The van der Waals surface area contributed by atoms with Crippen LogP contribution in [0.4, 0.5) is 5.69 Å². The lowest BCUT2D eigenvalue weighted by molar-refractivity contribution is 0.420. The zero-order valence-corrected chi connectivity index (χ0v) is 13.6. The molecule has 0 saturated heterocycles. The van der Waals surface area contributed by atoms with Crippen LogP contribution < -0.4 is 10.5 Å². The zero-order valence-electron chi connectivity index (χ0n) is 11.9. The summed E-state index contributed by atoms with van der Waals surface area (Å²) in [6.07, 6.45) is 6.08. The number of sulfonamides is 1. The van der Waals surface area contributed by atoms with Gasteiger partial charge in [0.15, 0.2) is 0 Å². The molecule has 6 heteroatoms. The highest BCUT2D eigenvalue weighted by atomic mass is 32.2. The number of hydrogen-bond donors (Lipinski definition) is 2. The molecular formula is C14H22N2O2S2. The third kappa shape index (κ3) is 3.68. The van der Waals surface area contributed by atoms with Crippen molar-refractivity contribution < 1.29 is 8.42 Å². The van der Waals surface area contributed by atoms with Gasteiger partial charge in [0, 0.05) is 17.0 Å². The van der Waals surface area contributed by atoms with Crippen LogP contribution in [0.2, 0.25) is 0 Å². The molecule has 0 unspecified atom stereocenters. The summed E-state index contributed by atoms with van der Waals surface area (Å²) in [6.45, 7) is 1.79. The summed E-state index contributed by atoms with van der Waals surface area (Å²) in [5.74, 6) is 0. The summed E-state index contributed by atoms with van der Waals surface area (Å²) in [6, 6.07) is 5.04. The fourth-order valence-corrected chi connectivity index (χ4v) is 4.93. The average molecular weight is 314 g/mol. The Morgan fingerprint density at radius 2 is 1.90 bits per heavy atom. The Hall–Kier alpha value is -0.720. The van der Waals surface area contributed by atoms with Gasteiger partial charge in [-0.25, -0.2) is 13.1 Å². The van der Waals surface area contributed by atoms with Crippen LogP contribution in [0.25, 0.3) is 0 Å². The monoisotopic (exact) mass is 314 g/mol. The van der Waals surface area contributed by atoms with Crippen LogP contribution in [0, 0.1) is 6.92 Å². The lowest BCUT2D eigenvalue weighted by Crippen LogP contribution is -2.38. The van der Waals surface area contributed by atoms with E-state index in [-0.39, 0.29) is 6.04 Å². The molecule has 1 aromatic carbocycles. The minimum absolute atomic E-state index is 0.0456. The van der Waals surface area contributed by atoms with Gasteiger partial charge in [-0.3, -0.25) is 0 Å². The maximum absolute atomic E-state index is 12.5. The molecule has 1 aliphatic rings. The van der Waals surface area contributed by atoms with E-state index < -0.39 is 10.0 Å². The first-order chi connectivity index (χ1) is 9.42. The molecule has 0 heterocycles. The number of benzene rings is 1. The van der Waals surface area contributed by atoms with Crippen molar-refractivity contribution >= 4 is 27.5 Å². The van der Waals surface area contributed by atoms with Crippen molar-refractivity contribution in [3.05, 3.63) is 23.8 Å². The molecule has 0 aromatic heterocycles. The molecule has 20 heavy (non-hydrogen) atoms. The van der Waals surface area contributed by atoms with Crippen molar-refractivity contribution in [2.24, 2.45) is 0 Å². The third-order valence-corrected chi connectivity index (χ3v) is 6.63. The number of hydrogen-bond acceptors (Lipinski definition) is 4. The maximum Gasteiger partial charge on any atom is 0.241 e. The van der Waals surface area contributed by atoms with Crippen LogP contribution in [-0.2, 0) is 10.0 Å². The normalized spacial score (nSPS) is 23.7. The van der Waals surface area contributed by atoms with E-state index in [4.69, 9.17) is 5.73 Å². The molecule has 0 spiro atoms. The summed E-state index contributed by atoms with van der Waals surface area (Å²) >= 11 is 1.87. The minimum Gasteiger partial charge on any atom is -0.399 e. The fourth-order valence-electron chi connectivity index (χ4n) is 2.61. The second-order valence-corrected chi connectivity index (χ2v) is 8.18. The second-order valence-electron chi connectivity index (χ2n) is 5.36. The van der Waals surface area contributed by atoms with Crippen LogP contribution in [0.3, 0.4) is 0 Å². The highest BCUT2D eigenvalue weighted by Gasteiger charge is 2.26. The minimum atomic E-state index is -3.47. The van der Waals surface area contributed by atoms with E-state index in [0.29, 0.717) is 15.8 Å². The van der Waals surface area contributed by atoms with E-state index in [0.717, 1.165) is 31.2 Å². The van der Waals surface area contributed by atoms with Gasteiger partial charge in [0.2, 0.25) is 10.0 Å². The van der Waals surface area contributed by atoms with Crippen LogP contribution in [-0.4, -0.2) is 26.0 Å². The SMILES string of the molecule is CSC1CCC(NS(=O)(=O)c2cc(N)ccc2C)CC1. The Morgan fingerprint density at radius 3 is 2.50 bits per heavy atom. The number of thioether (sulfide) groups is 1. The molecule has 112 valence electrons. The highest BCUT2D eigenvalue weighted by Crippen LogP contribution is 2.28. The van der Waals surface area contributed by atoms with Crippen LogP contribution in [0.5, 0.6) is 0 Å². The number of anilines is 1. The Bertz CT molecular complexity index is 565. The predicted octanol–water partition coefficient (Wildman–Crippen LogP) is 2.53. The quantitative estimate of drug-likeness (QED) is 0.838. The van der Waals surface area contributed by atoms with E-state index in [1.165, 1.54) is 6.07 Å². The highest BCUT2D eigenvalue weighted by molar-refractivity contribution is 7.99. The lowest BCUT2D eigenvalue weighted by Gasteiger charge is -2.28. The van der Waals surface area contributed by atoms with Gasteiger partial charge < -0.3 is 5.73 Å². The first-order valence-electron chi connectivity index (χ1n) is 6.83. The van der Waals surface area contributed by atoms with Gasteiger partial charge in [-0.05, 0) is 56.6 Å². The molecular weight excluding hydrogens is 292 g/mol. The number of nitrogen functional groups attached to an aromatic ring is 1. The van der Waals surface area contributed by atoms with Crippen molar-refractivity contribution in [1.82, 2.24) is 4.72 Å². The molecule has 3 N–H and O–H groups in total. The smallest absolute Gasteiger partial charge is 0.241 e. The van der Waals surface area contributed by atoms with Crippen LogP contribution in [0.1, 0.15) is 31.2 Å². The van der Waals surface area contributed by atoms with Gasteiger partial charge in [-0.1, -0.05) is 6.07 Å². The maximum atomic E-state index is 12.5. The fraction of sp³-hybridized carbons (Fsp3) is 0.571. The summed E-state index contributed by atoms with van der Waals surface area (Å²) in [5.41, 5.74) is 6.90. The van der Waals surface area contributed by atoms with E-state index in [1.807, 2.05) is 11.8 Å². The van der Waals surface area contributed by atoms with Gasteiger partial charge >= 0.3 is 0 Å². The van der Waals surface area contributed by atoms with Crippen LogP contribution in [0.15, 0.2) is 23.1 Å². The van der Waals surface area contributed by atoms with Crippen LogP contribution >= 0.6 is 11.8 Å². The Labute approximate surface area is 125 Å². The molecule has 0 radical (unpaired) electrons. The summed E-state index contributed by atoms with van der Waals surface area (Å²) in [4.78, 5) is 0.296. The molecule has 0 amide bonds. The van der Waals surface area contributed by atoms with Gasteiger partial charge in [0.1, 0.15) is 0 Å². The summed E-state index contributed by atoms with van der Waals surface area (Å²) < 4.78 is 27.7. The molecule has 0 aliphatic heterocycles. The van der Waals surface area contributed by atoms with Crippen molar-refractivity contribution in [2.75, 3.05) is 12.0 Å². The predicted molar refractivity (Wildman–Crippen MR) is 85.5 cm³/mol. The molecule has 1 saturated carbocycles. The lowest BCUT2D eigenvalue weighted by atomic mass is 9.96. The number of nitrogens with one attached hydrogen (secondary N) is 1. The first kappa shape index (κ1) is 15.7. The Balaban J connectivity index is 2.10. The largest absolute Gasteiger partial charge is 0.399 e. The molecule has 1 aromatic rings. The summed E-state index contributed by atoms with van der Waals surface area (Å²) in [7, 11) is -3.47. The molecule has 0 atom stereocenters. The van der Waals surface area contributed by atoms with Crippen molar-refractivity contribution in [1.29, 1.82) is 0 Å². The average Bonchev–Trinajstić information content (AvgIpc) is 2.42. The topological polar surface area (TPSA) is 72.2 Å². The summed E-state index contributed by atoms with van der Waals surface area (Å²) in [5, 5.41) is 0.671. The van der Waals surface area contributed by atoms with Crippen molar-refractivity contribution in [3.8, 4) is 0 Å². The van der Waals surface area contributed by atoms with Crippen molar-refractivity contribution in [2.45, 2.75) is 48.8 Å². The molecule has 2 rings (SSSR count). The van der Waals surface area contributed by atoms with Gasteiger partial charge in [0.05, 0.1) is 4.90 Å². The van der Waals surface area contributed by atoms with Gasteiger partial charge in [-0.15, -0.1) is 0 Å². The van der Waals surface area contributed by atoms with Gasteiger partial charge in [0.25, 0.3) is 0 Å². The molecule has 4 nitrogen and oxygen atoms in total. The van der Waals surface area contributed by atoms with Gasteiger partial charge in [-0.2, -0.15) is 11.8 Å². The number of nitrogens with two attached hydrogens (primary N) is 1. The molecule has 1 fully saturated rings. The molecule has 0 bridgehead atoms. The van der Waals surface area contributed by atoms with E-state index in [1.54, 1.807) is 19.1 Å². The first-order valence-corrected chi connectivity index (χ1v) is 9.60. The second kappa shape index (κ2) is 6.37.